The number of rotatable bonds is 6. The molecule has 1 aliphatic carbocycles. The normalized spacial score (nSPS) is 14.1. The predicted molar refractivity (Wildman–Crippen MR) is 149 cm³/mol. The summed E-state index contributed by atoms with van der Waals surface area (Å²) in [5, 5.41) is 8.03. The molecule has 1 aromatic heterocycles. The summed E-state index contributed by atoms with van der Waals surface area (Å²) in [5.74, 6) is -0.300. The third-order valence-corrected chi connectivity index (χ3v) is 7.21. The molecule has 2 atom stereocenters. The summed E-state index contributed by atoms with van der Waals surface area (Å²) in [5.41, 5.74) is 6.00. The minimum atomic E-state index is -0.153. The summed E-state index contributed by atoms with van der Waals surface area (Å²) in [4.78, 5) is 31.4. The second kappa shape index (κ2) is 9.10. The molecule has 3 N–H and O–H groups in total. The zero-order chi connectivity index (χ0) is 25.5. The lowest BCUT2D eigenvalue weighted by atomic mass is 9.81. The van der Waals surface area contributed by atoms with Crippen molar-refractivity contribution in [1.82, 2.24) is 4.98 Å². The second-order valence-electron chi connectivity index (χ2n) is 9.52. The van der Waals surface area contributed by atoms with Gasteiger partial charge in [-0.05, 0) is 31.0 Å². The van der Waals surface area contributed by atoms with Crippen LogP contribution in [0.25, 0.3) is 10.9 Å². The van der Waals surface area contributed by atoms with Gasteiger partial charge in [-0.25, -0.2) is 0 Å². The minimum absolute atomic E-state index is 0.0782. The van der Waals surface area contributed by atoms with Gasteiger partial charge >= 0.3 is 0 Å². The molecule has 0 radical (unpaired) electrons. The van der Waals surface area contributed by atoms with E-state index in [0.29, 0.717) is 33.6 Å². The summed E-state index contributed by atoms with van der Waals surface area (Å²) in [6.45, 7) is 4.12. The van der Waals surface area contributed by atoms with Crippen molar-refractivity contribution in [3.8, 4) is 0 Å². The summed E-state index contributed by atoms with van der Waals surface area (Å²) < 4.78 is 0. The zero-order valence-corrected chi connectivity index (χ0v) is 20.7. The van der Waals surface area contributed by atoms with Crippen molar-refractivity contribution in [1.29, 1.82) is 0 Å². The summed E-state index contributed by atoms with van der Waals surface area (Å²) in [6.07, 6.45) is 1.86. The van der Waals surface area contributed by atoms with E-state index < -0.39 is 0 Å². The van der Waals surface area contributed by atoms with E-state index in [1.807, 2.05) is 48.7 Å². The van der Waals surface area contributed by atoms with E-state index in [2.05, 4.69) is 53.7 Å². The number of aromatic nitrogens is 1. The van der Waals surface area contributed by atoms with Crippen LogP contribution in [0.15, 0.2) is 97.2 Å². The van der Waals surface area contributed by atoms with E-state index in [1.54, 1.807) is 24.3 Å². The summed E-state index contributed by atoms with van der Waals surface area (Å²) >= 11 is 0. The van der Waals surface area contributed by atoms with Gasteiger partial charge in [0.1, 0.15) is 0 Å². The molecule has 5 nitrogen and oxygen atoms in total. The lowest BCUT2D eigenvalue weighted by Crippen LogP contribution is -2.25. The molecule has 5 aromatic rings. The fraction of sp³-hybridized carbons (Fsp3) is 0.125. The van der Waals surface area contributed by atoms with Crippen LogP contribution in [-0.2, 0) is 0 Å². The maximum atomic E-state index is 14.0. The molecular weight excluding hydrogens is 458 g/mol. The number of carbonyl (C=O) groups excluding carboxylic acids is 2. The standard InChI is InChI=1S/C32H27N3O2/c1-19(21-11-5-3-6-12-21)34-28-25-17-18-33-29(25)30(35-20(2)22-13-7-4-8-14-22)27-26(28)31(36)23-15-9-10-16-24(23)32(27)37/h3-20,33-35H,1-2H3/t19-,20-/m1/s1. The first kappa shape index (κ1) is 22.8. The van der Waals surface area contributed by atoms with Crippen molar-refractivity contribution in [3.63, 3.8) is 0 Å². The lowest BCUT2D eigenvalue weighted by molar-refractivity contribution is 0.0980. The van der Waals surface area contributed by atoms with Crippen LogP contribution < -0.4 is 10.6 Å². The molecule has 1 aliphatic rings. The van der Waals surface area contributed by atoms with Crippen LogP contribution in [-0.4, -0.2) is 16.6 Å². The fourth-order valence-corrected chi connectivity index (χ4v) is 5.27. The Morgan fingerprint density at radius 1 is 0.595 bits per heavy atom. The van der Waals surface area contributed by atoms with Crippen molar-refractivity contribution in [2.24, 2.45) is 0 Å². The van der Waals surface area contributed by atoms with Crippen LogP contribution in [0, 0.1) is 0 Å². The average molecular weight is 486 g/mol. The molecule has 0 amide bonds. The Hall–Kier alpha value is -4.64. The number of hydrogen-bond donors (Lipinski definition) is 3. The van der Waals surface area contributed by atoms with Crippen molar-refractivity contribution >= 4 is 33.8 Å². The van der Waals surface area contributed by atoms with Gasteiger partial charge in [0, 0.05) is 34.8 Å². The van der Waals surface area contributed by atoms with Gasteiger partial charge < -0.3 is 15.6 Å². The Morgan fingerprint density at radius 2 is 1.05 bits per heavy atom. The zero-order valence-electron chi connectivity index (χ0n) is 20.7. The average Bonchev–Trinajstić information content (AvgIpc) is 3.44. The van der Waals surface area contributed by atoms with Crippen LogP contribution in [0.1, 0.15) is 68.9 Å². The number of fused-ring (bicyclic) bond motifs is 3. The number of ketones is 2. The number of aromatic amines is 1. The lowest BCUT2D eigenvalue weighted by Gasteiger charge is -2.28. The van der Waals surface area contributed by atoms with E-state index >= 15 is 0 Å². The van der Waals surface area contributed by atoms with Gasteiger partial charge in [0.25, 0.3) is 0 Å². The van der Waals surface area contributed by atoms with Crippen LogP contribution in [0.5, 0.6) is 0 Å². The summed E-state index contributed by atoms with van der Waals surface area (Å²) in [7, 11) is 0. The van der Waals surface area contributed by atoms with Crippen LogP contribution in [0.2, 0.25) is 0 Å². The van der Waals surface area contributed by atoms with Gasteiger partial charge in [-0.2, -0.15) is 0 Å². The van der Waals surface area contributed by atoms with E-state index in [4.69, 9.17) is 0 Å². The van der Waals surface area contributed by atoms with E-state index in [1.165, 1.54) is 0 Å². The number of hydrogen-bond acceptors (Lipinski definition) is 4. The van der Waals surface area contributed by atoms with Gasteiger partial charge in [0.05, 0.1) is 28.0 Å². The fourth-order valence-electron chi connectivity index (χ4n) is 5.27. The smallest absolute Gasteiger partial charge is 0.196 e. The van der Waals surface area contributed by atoms with Gasteiger partial charge in [-0.1, -0.05) is 84.9 Å². The second-order valence-corrected chi connectivity index (χ2v) is 9.52. The first-order chi connectivity index (χ1) is 18.0. The quantitative estimate of drug-likeness (QED) is 0.217. The molecule has 0 aliphatic heterocycles. The van der Waals surface area contributed by atoms with Gasteiger partial charge in [0.2, 0.25) is 0 Å². The van der Waals surface area contributed by atoms with Crippen LogP contribution >= 0.6 is 0 Å². The van der Waals surface area contributed by atoms with Gasteiger partial charge in [-0.3, -0.25) is 9.59 Å². The van der Waals surface area contributed by atoms with Crippen molar-refractivity contribution in [2.45, 2.75) is 25.9 Å². The summed E-state index contributed by atoms with van der Waals surface area (Å²) in [6, 6.07) is 29.1. The van der Waals surface area contributed by atoms with Gasteiger partial charge in [0.15, 0.2) is 11.6 Å². The Balaban J connectivity index is 1.58. The van der Waals surface area contributed by atoms with Crippen molar-refractivity contribution < 1.29 is 9.59 Å². The third kappa shape index (κ3) is 3.80. The molecule has 0 unspecified atom stereocenters. The Morgan fingerprint density at radius 3 is 1.59 bits per heavy atom. The highest BCUT2D eigenvalue weighted by Crippen LogP contribution is 2.44. The minimum Gasteiger partial charge on any atom is -0.377 e. The Labute approximate surface area is 215 Å². The molecular formula is C32H27N3O2. The van der Waals surface area contributed by atoms with Crippen molar-refractivity contribution in [2.75, 3.05) is 10.6 Å². The number of anilines is 2. The Bertz CT molecular complexity index is 1520. The number of benzene rings is 4. The molecule has 0 bridgehead atoms. The number of H-pyrrole nitrogens is 1. The molecule has 5 heteroatoms. The predicted octanol–water partition coefficient (Wildman–Crippen LogP) is 7.29. The number of carbonyl (C=O) groups is 2. The highest BCUT2D eigenvalue weighted by molar-refractivity contribution is 6.35. The molecule has 4 aromatic carbocycles. The van der Waals surface area contributed by atoms with E-state index in [-0.39, 0.29) is 23.7 Å². The molecule has 0 saturated heterocycles. The first-order valence-electron chi connectivity index (χ1n) is 12.5. The SMILES string of the molecule is C[C@@H](Nc1c2c(c(N[C@H](C)c3ccccc3)c3[nH]ccc13)C(=O)c1ccccc1C2=O)c1ccccc1. The highest BCUT2D eigenvalue weighted by Gasteiger charge is 2.36. The highest BCUT2D eigenvalue weighted by atomic mass is 16.1. The molecule has 1 heterocycles. The topological polar surface area (TPSA) is 74.0 Å². The molecule has 37 heavy (non-hydrogen) atoms. The van der Waals surface area contributed by atoms with Gasteiger partial charge in [-0.15, -0.1) is 0 Å². The maximum absolute atomic E-state index is 14.0. The molecule has 6 rings (SSSR count). The van der Waals surface area contributed by atoms with E-state index in [9.17, 15) is 9.59 Å². The monoisotopic (exact) mass is 485 g/mol. The molecule has 0 fully saturated rings. The van der Waals surface area contributed by atoms with Crippen molar-refractivity contribution in [3.05, 3.63) is 131 Å². The first-order valence-corrected chi connectivity index (χ1v) is 12.5. The maximum Gasteiger partial charge on any atom is 0.196 e. The number of nitrogens with one attached hydrogen (secondary N) is 3. The molecule has 182 valence electrons. The third-order valence-electron chi connectivity index (χ3n) is 7.21. The van der Waals surface area contributed by atoms with E-state index in [0.717, 1.165) is 22.0 Å². The molecule has 0 saturated carbocycles. The molecule has 0 spiro atoms. The van der Waals surface area contributed by atoms with Crippen LogP contribution in [0.3, 0.4) is 0 Å². The van der Waals surface area contributed by atoms with Crippen LogP contribution in [0.4, 0.5) is 11.4 Å². The Kier molecular flexibility index (Phi) is 5.61. The largest absolute Gasteiger partial charge is 0.377 e.